The fourth-order valence-electron chi connectivity index (χ4n) is 3.73. The summed E-state index contributed by atoms with van der Waals surface area (Å²) in [7, 11) is 0. The van der Waals surface area contributed by atoms with Gasteiger partial charge in [0.1, 0.15) is 6.04 Å². The van der Waals surface area contributed by atoms with Crippen LogP contribution in [0, 0.1) is 0 Å². The van der Waals surface area contributed by atoms with Gasteiger partial charge in [-0.1, -0.05) is 78.7 Å². The molecule has 0 heterocycles. The van der Waals surface area contributed by atoms with Gasteiger partial charge >= 0.3 is 0 Å². The highest BCUT2D eigenvalue weighted by Crippen LogP contribution is 2.27. The number of nitrogens with one attached hydrogen (secondary N) is 1. The van der Waals surface area contributed by atoms with E-state index in [0.29, 0.717) is 28.6 Å². The van der Waals surface area contributed by atoms with E-state index in [0.717, 1.165) is 22.8 Å². The maximum absolute atomic E-state index is 13.4. The Kier molecular flexibility index (Phi) is 8.54. The summed E-state index contributed by atoms with van der Waals surface area (Å²) in [5.41, 5.74) is 1.75. The van der Waals surface area contributed by atoms with Gasteiger partial charge in [-0.25, -0.2) is 0 Å². The second-order valence-electron chi connectivity index (χ2n) is 7.83. The lowest BCUT2D eigenvalue weighted by Gasteiger charge is -2.29. The molecular weight excluding hydrogens is 443 g/mol. The number of carbonyl (C=O) groups excluding carboxylic acids is 2. The van der Waals surface area contributed by atoms with Gasteiger partial charge in [-0.3, -0.25) is 9.59 Å². The Morgan fingerprint density at radius 2 is 1.62 bits per heavy atom. The first-order chi connectivity index (χ1) is 15.4. The van der Waals surface area contributed by atoms with Gasteiger partial charge in [-0.15, -0.1) is 0 Å². The van der Waals surface area contributed by atoms with Crippen LogP contribution in [0.5, 0.6) is 0 Å². The molecule has 0 aliphatic carbocycles. The summed E-state index contributed by atoms with van der Waals surface area (Å²) in [4.78, 5) is 27.6. The minimum absolute atomic E-state index is 0.118. The zero-order valence-electron chi connectivity index (χ0n) is 18.4. The number of fused-ring (bicyclic) bond motifs is 1. The summed E-state index contributed by atoms with van der Waals surface area (Å²) in [5.74, 6) is -0.304. The van der Waals surface area contributed by atoms with Crippen molar-refractivity contribution in [2.45, 2.75) is 45.7 Å². The zero-order valence-corrected chi connectivity index (χ0v) is 19.9. The molecule has 4 nitrogen and oxygen atoms in total. The van der Waals surface area contributed by atoms with E-state index in [-0.39, 0.29) is 24.8 Å². The van der Waals surface area contributed by atoms with Crippen LogP contribution in [0.3, 0.4) is 0 Å². The molecule has 6 heteroatoms. The number of benzene rings is 3. The second kappa shape index (κ2) is 11.3. The first-order valence-electron chi connectivity index (χ1n) is 10.9. The standard InChI is InChI=1S/C26H28Cl2N2O2/c1-3-16-29-26(32)18(2)30(17-22-23(27)12-7-13-24(22)28)25(31)15-14-20-10-6-9-19-8-4-5-11-21(19)20/h4-13,18H,3,14-17H2,1-2H3,(H,29,32). The van der Waals surface area contributed by atoms with Crippen molar-refractivity contribution >= 4 is 45.8 Å². The molecule has 0 bridgehead atoms. The van der Waals surface area contributed by atoms with Gasteiger partial charge in [0, 0.05) is 35.1 Å². The van der Waals surface area contributed by atoms with Crippen LogP contribution in [0.2, 0.25) is 10.0 Å². The van der Waals surface area contributed by atoms with Gasteiger partial charge in [0.25, 0.3) is 0 Å². The molecule has 0 aliphatic rings. The van der Waals surface area contributed by atoms with Gasteiger partial charge in [0.15, 0.2) is 0 Å². The molecule has 32 heavy (non-hydrogen) atoms. The van der Waals surface area contributed by atoms with Crippen molar-refractivity contribution in [1.82, 2.24) is 10.2 Å². The van der Waals surface area contributed by atoms with E-state index in [1.54, 1.807) is 30.0 Å². The van der Waals surface area contributed by atoms with Gasteiger partial charge < -0.3 is 10.2 Å². The summed E-state index contributed by atoms with van der Waals surface area (Å²) in [6.07, 6.45) is 1.68. The van der Waals surface area contributed by atoms with E-state index in [2.05, 4.69) is 23.5 Å². The van der Waals surface area contributed by atoms with Crippen molar-refractivity contribution in [3.63, 3.8) is 0 Å². The van der Waals surface area contributed by atoms with Crippen LogP contribution < -0.4 is 5.32 Å². The van der Waals surface area contributed by atoms with Crippen molar-refractivity contribution in [2.24, 2.45) is 0 Å². The first kappa shape index (κ1) is 24.1. The maximum Gasteiger partial charge on any atom is 0.242 e. The van der Waals surface area contributed by atoms with E-state index < -0.39 is 6.04 Å². The second-order valence-corrected chi connectivity index (χ2v) is 8.64. The molecule has 1 unspecified atom stereocenters. The number of amides is 2. The summed E-state index contributed by atoms with van der Waals surface area (Å²) in [6.45, 7) is 4.47. The van der Waals surface area contributed by atoms with E-state index in [4.69, 9.17) is 23.2 Å². The predicted molar refractivity (Wildman–Crippen MR) is 132 cm³/mol. The molecule has 0 aliphatic heterocycles. The third kappa shape index (κ3) is 5.81. The third-order valence-electron chi connectivity index (χ3n) is 5.59. The number of aryl methyl sites for hydroxylation is 1. The Morgan fingerprint density at radius 1 is 0.969 bits per heavy atom. The Bertz CT molecular complexity index is 1070. The van der Waals surface area contributed by atoms with Crippen LogP contribution in [-0.2, 0) is 22.6 Å². The smallest absolute Gasteiger partial charge is 0.242 e. The molecule has 3 aromatic rings. The van der Waals surface area contributed by atoms with Crippen LogP contribution in [0.4, 0.5) is 0 Å². The fraction of sp³-hybridized carbons (Fsp3) is 0.308. The van der Waals surface area contributed by atoms with Crippen molar-refractivity contribution in [2.75, 3.05) is 6.54 Å². The van der Waals surface area contributed by atoms with E-state index >= 15 is 0 Å². The summed E-state index contributed by atoms with van der Waals surface area (Å²) >= 11 is 12.7. The SMILES string of the molecule is CCCNC(=O)C(C)N(Cc1c(Cl)cccc1Cl)C(=O)CCc1cccc2ccccc12. The lowest BCUT2D eigenvalue weighted by molar-refractivity contribution is -0.140. The van der Waals surface area contributed by atoms with Gasteiger partial charge in [-0.2, -0.15) is 0 Å². The Labute approximate surface area is 199 Å². The van der Waals surface area contributed by atoms with Crippen LogP contribution in [-0.4, -0.2) is 29.3 Å². The highest BCUT2D eigenvalue weighted by molar-refractivity contribution is 6.36. The molecule has 0 spiro atoms. The molecule has 0 radical (unpaired) electrons. The average molecular weight is 471 g/mol. The number of carbonyl (C=O) groups is 2. The molecule has 1 atom stereocenters. The minimum Gasteiger partial charge on any atom is -0.354 e. The van der Waals surface area contributed by atoms with Crippen LogP contribution in [0.25, 0.3) is 10.8 Å². The largest absolute Gasteiger partial charge is 0.354 e. The fourth-order valence-corrected chi connectivity index (χ4v) is 4.24. The molecule has 168 valence electrons. The quantitative estimate of drug-likeness (QED) is 0.415. The van der Waals surface area contributed by atoms with E-state index in [1.165, 1.54) is 0 Å². The van der Waals surface area contributed by atoms with Crippen molar-refractivity contribution in [3.05, 3.63) is 81.8 Å². The molecule has 0 fully saturated rings. The molecule has 3 aromatic carbocycles. The summed E-state index contributed by atoms with van der Waals surface area (Å²) in [5, 5.41) is 6.12. The molecular formula is C26H28Cl2N2O2. The predicted octanol–water partition coefficient (Wildman–Crippen LogP) is 6.02. The Hall–Kier alpha value is -2.56. The highest BCUT2D eigenvalue weighted by Gasteiger charge is 2.27. The lowest BCUT2D eigenvalue weighted by Crippen LogP contribution is -2.47. The van der Waals surface area contributed by atoms with E-state index in [9.17, 15) is 9.59 Å². The monoisotopic (exact) mass is 470 g/mol. The highest BCUT2D eigenvalue weighted by atomic mass is 35.5. The average Bonchev–Trinajstić information content (AvgIpc) is 2.80. The maximum atomic E-state index is 13.4. The van der Waals surface area contributed by atoms with Crippen molar-refractivity contribution < 1.29 is 9.59 Å². The third-order valence-corrected chi connectivity index (χ3v) is 6.30. The van der Waals surface area contributed by atoms with E-state index in [1.807, 2.05) is 31.2 Å². The van der Waals surface area contributed by atoms with Crippen LogP contribution in [0.15, 0.2) is 60.7 Å². The lowest BCUT2D eigenvalue weighted by atomic mass is 10.0. The Morgan fingerprint density at radius 3 is 2.34 bits per heavy atom. The van der Waals surface area contributed by atoms with Gasteiger partial charge in [0.2, 0.25) is 11.8 Å². The van der Waals surface area contributed by atoms with Crippen molar-refractivity contribution in [3.8, 4) is 0 Å². The minimum atomic E-state index is -0.645. The first-order valence-corrected chi connectivity index (χ1v) is 11.6. The number of halogens is 2. The summed E-state index contributed by atoms with van der Waals surface area (Å²) < 4.78 is 0. The molecule has 1 N–H and O–H groups in total. The zero-order chi connectivity index (χ0) is 23.1. The van der Waals surface area contributed by atoms with Crippen molar-refractivity contribution in [1.29, 1.82) is 0 Å². The number of hydrogen-bond donors (Lipinski definition) is 1. The number of nitrogens with zero attached hydrogens (tertiary/aromatic N) is 1. The number of rotatable bonds is 9. The van der Waals surface area contributed by atoms with Gasteiger partial charge in [-0.05, 0) is 48.2 Å². The van der Waals surface area contributed by atoms with Crippen LogP contribution >= 0.6 is 23.2 Å². The Balaban J connectivity index is 1.82. The molecule has 0 aromatic heterocycles. The molecule has 0 saturated carbocycles. The molecule has 2 amide bonds. The van der Waals surface area contributed by atoms with Crippen LogP contribution in [0.1, 0.15) is 37.8 Å². The van der Waals surface area contributed by atoms with Gasteiger partial charge in [0.05, 0.1) is 0 Å². The topological polar surface area (TPSA) is 49.4 Å². The summed E-state index contributed by atoms with van der Waals surface area (Å²) in [6, 6.07) is 18.8. The molecule has 0 saturated heterocycles. The number of hydrogen-bond acceptors (Lipinski definition) is 2. The normalized spacial score (nSPS) is 11.9. The molecule has 3 rings (SSSR count).